The van der Waals surface area contributed by atoms with Gasteiger partial charge in [0, 0.05) is 25.3 Å². The number of halogens is 1. The Labute approximate surface area is 113 Å². The lowest BCUT2D eigenvalue weighted by Crippen LogP contribution is -2.38. The van der Waals surface area contributed by atoms with Gasteiger partial charge in [0.2, 0.25) is 0 Å². The Morgan fingerprint density at radius 1 is 1.50 bits per heavy atom. The topological polar surface area (TPSA) is 49.2 Å². The Bertz CT molecular complexity index is 400. The molecule has 100 valence electrons. The average Bonchev–Trinajstić information content (AvgIpc) is 2.41. The first kappa shape index (κ1) is 13.6. The summed E-state index contributed by atoms with van der Waals surface area (Å²) in [5, 5.41) is 9.86. The van der Waals surface area contributed by atoms with E-state index in [4.69, 9.17) is 11.6 Å². The summed E-state index contributed by atoms with van der Waals surface area (Å²) in [7, 11) is 0. The molecule has 0 aromatic carbocycles. The third-order valence-electron chi connectivity index (χ3n) is 3.45. The molecule has 1 fully saturated rings. The quantitative estimate of drug-likeness (QED) is 0.852. The van der Waals surface area contributed by atoms with Gasteiger partial charge in [-0.3, -0.25) is 0 Å². The van der Waals surface area contributed by atoms with Crippen LogP contribution < -0.4 is 4.90 Å². The van der Waals surface area contributed by atoms with Crippen molar-refractivity contribution in [3.05, 3.63) is 17.0 Å². The molecule has 0 radical (unpaired) electrons. The molecular formula is C13H20ClN3O. The van der Waals surface area contributed by atoms with E-state index in [0.717, 1.165) is 50.2 Å². The summed E-state index contributed by atoms with van der Waals surface area (Å²) >= 11 is 6.17. The number of rotatable bonds is 4. The third-order valence-corrected chi connectivity index (χ3v) is 3.77. The molecule has 18 heavy (non-hydrogen) atoms. The first-order chi connectivity index (χ1) is 8.76. The van der Waals surface area contributed by atoms with Gasteiger partial charge in [-0.1, -0.05) is 24.9 Å². The Morgan fingerprint density at radius 2 is 2.33 bits per heavy atom. The van der Waals surface area contributed by atoms with E-state index < -0.39 is 0 Å². The van der Waals surface area contributed by atoms with Crippen molar-refractivity contribution >= 4 is 17.4 Å². The van der Waals surface area contributed by atoms with Crippen LogP contribution in [0.25, 0.3) is 0 Å². The molecule has 1 aromatic heterocycles. The van der Waals surface area contributed by atoms with Gasteiger partial charge >= 0.3 is 0 Å². The van der Waals surface area contributed by atoms with Gasteiger partial charge in [-0.15, -0.1) is 0 Å². The van der Waals surface area contributed by atoms with Gasteiger partial charge in [0.05, 0.1) is 0 Å². The number of hydrogen-bond acceptors (Lipinski definition) is 4. The van der Waals surface area contributed by atoms with Crippen molar-refractivity contribution in [2.45, 2.75) is 32.6 Å². The molecule has 0 aliphatic carbocycles. The highest BCUT2D eigenvalue weighted by molar-refractivity contribution is 6.30. The number of piperidine rings is 1. The summed E-state index contributed by atoms with van der Waals surface area (Å²) in [6.45, 7) is 4.22. The summed E-state index contributed by atoms with van der Waals surface area (Å²) in [4.78, 5) is 10.7. The molecule has 1 unspecified atom stereocenters. The minimum Gasteiger partial charge on any atom is -0.396 e. The summed E-state index contributed by atoms with van der Waals surface area (Å²) < 4.78 is 0. The van der Waals surface area contributed by atoms with E-state index >= 15 is 0 Å². The second kappa shape index (κ2) is 6.34. The van der Waals surface area contributed by atoms with E-state index in [2.05, 4.69) is 21.8 Å². The number of hydrogen-bond donors (Lipinski definition) is 1. The zero-order valence-electron chi connectivity index (χ0n) is 10.8. The number of anilines is 1. The Hall–Kier alpha value is -0.870. The van der Waals surface area contributed by atoms with Crippen molar-refractivity contribution in [2.75, 3.05) is 24.6 Å². The molecule has 1 aliphatic heterocycles. The lowest BCUT2D eigenvalue weighted by Gasteiger charge is -2.33. The molecular weight excluding hydrogens is 250 g/mol. The van der Waals surface area contributed by atoms with Gasteiger partial charge < -0.3 is 10.0 Å². The van der Waals surface area contributed by atoms with Crippen LogP contribution in [0.2, 0.25) is 5.15 Å². The van der Waals surface area contributed by atoms with Crippen LogP contribution in [-0.2, 0) is 6.42 Å². The summed E-state index contributed by atoms with van der Waals surface area (Å²) in [5.74, 6) is 1.30. The Morgan fingerprint density at radius 3 is 3.06 bits per heavy atom. The summed E-state index contributed by atoms with van der Waals surface area (Å²) in [6.07, 6.45) is 5.64. The monoisotopic (exact) mass is 269 g/mol. The van der Waals surface area contributed by atoms with E-state index in [0.29, 0.717) is 11.1 Å². The van der Waals surface area contributed by atoms with Crippen molar-refractivity contribution in [3.63, 3.8) is 0 Å². The normalized spacial score (nSPS) is 20.2. The van der Waals surface area contributed by atoms with Crippen LogP contribution >= 0.6 is 11.6 Å². The number of aromatic nitrogens is 2. The zero-order chi connectivity index (χ0) is 13.0. The smallest absolute Gasteiger partial charge is 0.137 e. The molecule has 1 saturated heterocycles. The lowest BCUT2D eigenvalue weighted by atomic mass is 9.98. The summed E-state index contributed by atoms with van der Waals surface area (Å²) in [5.41, 5.74) is 1.04. The van der Waals surface area contributed by atoms with Crippen molar-refractivity contribution in [1.29, 1.82) is 0 Å². The van der Waals surface area contributed by atoms with E-state index in [1.165, 1.54) is 6.33 Å². The fourth-order valence-electron chi connectivity index (χ4n) is 2.53. The van der Waals surface area contributed by atoms with E-state index in [9.17, 15) is 5.11 Å². The molecule has 2 heterocycles. The van der Waals surface area contributed by atoms with Gasteiger partial charge in [0.15, 0.2) is 0 Å². The molecule has 4 nitrogen and oxygen atoms in total. The zero-order valence-corrected chi connectivity index (χ0v) is 11.5. The highest BCUT2D eigenvalue weighted by atomic mass is 35.5. The van der Waals surface area contributed by atoms with E-state index in [1.807, 2.05) is 0 Å². The first-order valence-corrected chi connectivity index (χ1v) is 6.99. The molecule has 1 atom stereocenters. The molecule has 0 amide bonds. The fraction of sp³-hybridized carbons (Fsp3) is 0.692. The predicted octanol–water partition coefficient (Wildman–Crippen LogP) is 2.29. The van der Waals surface area contributed by atoms with Crippen molar-refractivity contribution in [1.82, 2.24) is 9.97 Å². The number of nitrogens with zero attached hydrogens (tertiary/aromatic N) is 3. The van der Waals surface area contributed by atoms with Crippen LogP contribution in [0.5, 0.6) is 0 Å². The van der Waals surface area contributed by atoms with Crippen LogP contribution in [0.1, 0.15) is 31.7 Å². The van der Waals surface area contributed by atoms with Crippen LogP contribution in [-0.4, -0.2) is 34.8 Å². The minimum atomic E-state index is 0.248. The molecule has 1 N–H and O–H groups in total. The third kappa shape index (κ3) is 2.93. The van der Waals surface area contributed by atoms with Crippen LogP contribution in [0, 0.1) is 5.92 Å². The maximum Gasteiger partial charge on any atom is 0.137 e. The highest BCUT2D eigenvalue weighted by Crippen LogP contribution is 2.28. The van der Waals surface area contributed by atoms with Gasteiger partial charge in [-0.05, 0) is 25.2 Å². The van der Waals surface area contributed by atoms with Crippen molar-refractivity contribution in [2.24, 2.45) is 5.92 Å². The molecule has 0 bridgehead atoms. The molecule has 1 aliphatic rings. The van der Waals surface area contributed by atoms with Gasteiger partial charge in [0.25, 0.3) is 0 Å². The average molecular weight is 270 g/mol. The molecule has 0 saturated carbocycles. The minimum absolute atomic E-state index is 0.248. The van der Waals surface area contributed by atoms with Crippen LogP contribution in [0.4, 0.5) is 5.82 Å². The van der Waals surface area contributed by atoms with Gasteiger partial charge in [-0.2, -0.15) is 0 Å². The standard InChI is InChI=1S/C13H20ClN3O/c1-2-4-11-12(14)15-9-16-13(11)17-6-3-5-10(7-17)8-18/h9-10,18H,2-8H2,1H3. The largest absolute Gasteiger partial charge is 0.396 e. The molecule has 1 aromatic rings. The van der Waals surface area contributed by atoms with Gasteiger partial charge in [-0.25, -0.2) is 9.97 Å². The fourth-order valence-corrected chi connectivity index (χ4v) is 2.75. The molecule has 5 heteroatoms. The first-order valence-electron chi connectivity index (χ1n) is 6.61. The second-order valence-electron chi connectivity index (χ2n) is 4.85. The SMILES string of the molecule is CCCc1c(Cl)ncnc1N1CCCC(CO)C1. The maximum absolute atomic E-state index is 9.30. The predicted molar refractivity (Wildman–Crippen MR) is 73.1 cm³/mol. The summed E-state index contributed by atoms with van der Waals surface area (Å²) in [6, 6.07) is 0. The van der Waals surface area contributed by atoms with Crippen molar-refractivity contribution < 1.29 is 5.11 Å². The maximum atomic E-state index is 9.30. The highest BCUT2D eigenvalue weighted by Gasteiger charge is 2.23. The Balaban J connectivity index is 2.23. The number of aliphatic hydroxyl groups is 1. The van der Waals surface area contributed by atoms with Crippen LogP contribution in [0.3, 0.4) is 0 Å². The molecule has 2 rings (SSSR count). The molecule has 0 spiro atoms. The Kier molecular flexibility index (Phi) is 4.78. The van der Waals surface area contributed by atoms with E-state index in [1.54, 1.807) is 0 Å². The van der Waals surface area contributed by atoms with Crippen LogP contribution in [0.15, 0.2) is 6.33 Å². The number of aliphatic hydroxyl groups excluding tert-OH is 1. The van der Waals surface area contributed by atoms with Crippen molar-refractivity contribution in [3.8, 4) is 0 Å². The lowest BCUT2D eigenvalue weighted by molar-refractivity contribution is 0.208. The van der Waals surface area contributed by atoms with E-state index in [-0.39, 0.29) is 6.61 Å². The van der Waals surface area contributed by atoms with Gasteiger partial charge in [0.1, 0.15) is 17.3 Å². The second-order valence-corrected chi connectivity index (χ2v) is 5.21.